The Kier molecular flexibility index (Phi) is 4.96. The summed E-state index contributed by atoms with van der Waals surface area (Å²) >= 11 is 0. The van der Waals surface area contributed by atoms with Crippen molar-refractivity contribution < 1.29 is 13.2 Å². The van der Waals surface area contributed by atoms with E-state index in [4.69, 9.17) is 0 Å². The Bertz CT molecular complexity index is 945. The molecule has 0 saturated carbocycles. The molecule has 0 unspecified atom stereocenters. The van der Waals surface area contributed by atoms with E-state index in [1.165, 1.54) is 4.80 Å². The number of alkyl halides is 3. The van der Waals surface area contributed by atoms with Crippen LogP contribution >= 0.6 is 0 Å². The molecule has 3 aromatic rings. The van der Waals surface area contributed by atoms with E-state index in [2.05, 4.69) is 35.9 Å². The van der Waals surface area contributed by atoms with Crippen LogP contribution in [0.15, 0.2) is 24.7 Å². The van der Waals surface area contributed by atoms with Crippen molar-refractivity contribution in [1.82, 2.24) is 34.7 Å². The standard InChI is InChI=1S/C16H20F3N9/c1-5-20-13-10(16(17,18)19)9-21-14(25-13)24-12-8-11(26-27(12)4)15(2,3)28-22-6-7-23-28/h6-9H,5H2,1-4H3,(H2,20,21,24,25). The number of nitrogens with zero attached hydrogens (tertiary/aromatic N) is 7. The summed E-state index contributed by atoms with van der Waals surface area (Å²) in [5, 5.41) is 18.3. The first kappa shape index (κ1) is 19.6. The number of nitrogens with one attached hydrogen (secondary N) is 2. The van der Waals surface area contributed by atoms with Gasteiger partial charge in [0.05, 0.1) is 18.1 Å². The minimum absolute atomic E-state index is 0.0218. The molecule has 0 aliphatic heterocycles. The summed E-state index contributed by atoms with van der Waals surface area (Å²) < 4.78 is 40.8. The van der Waals surface area contributed by atoms with Gasteiger partial charge in [-0.1, -0.05) is 0 Å². The van der Waals surface area contributed by atoms with Crippen molar-refractivity contribution in [3.8, 4) is 0 Å². The third kappa shape index (κ3) is 3.75. The summed E-state index contributed by atoms with van der Waals surface area (Å²) in [5.41, 5.74) is -0.888. The van der Waals surface area contributed by atoms with Gasteiger partial charge in [-0.05, 0) is 20.8 Å². The normalized spacial score (nSPS) is 12.2. The summed E-state index contributed by atoms with van der Waals surface area (Å²) in [6.07, 6.45) is -0.650. The van der Waals surface area contributed by atoms with E-state index < -0.39 is 17.3 Å². The van der Waals surface area contributed by atoms with Crippen LogP contribution in [0.5, 0.6) is 0 Å². The van der Waals surface area contributed by atoms with Crippen molar-refractivity contribution in [2.45, 2.75) is 32.5 Å². The third-order valence-corrected chi connectivity index (χ3v) is 4.10. The van der Waals surface area contributed by atoms with Crippen LogP contribution in [-0.4, -0.2) is 41.3 Å². The number of rotatable bonds is 6. The third-order valence-electron chi connectivity index (χ3n) is 4.10. The van der Waals surface area contributed by atoms with Gasteiger partial charge in [-0.25, -0.2) is 4.98 Å². The molecule has 12 heteroatoms. The number of hydrogen-bond donors (Lipinski definition) is 2. The van der Waals surface area contributed by atoms with E-state index in [9.17, 15) is 13.2 Å². The van der Waals surface area contributed by atoms with Gasteiger partial charge < -0.3 is 10.6 Å². The Labute approximate surface area is 159 Å². The second kappa shape index (κ2) is 7.09. The molecule has 0 aliphatic rings. The maximum Gasteiger partial charge on any atom is 0.421 e. The topological polar surface area (TPSA) is 98.4 Å². The first-order valence-corrected chi connectivity index (χ1v) is 8.49. The highest BCUT2D eigenvalue weighted by Gasteiger charge is 2.35. The molecule has 2 N–H and O–H groups in total. The second-order valence-electron chi connectivity index (χ2n) is 6.52. The molecule has 0 aliphatic carbocycles. The van der Waals surface area contributed by atoms with E-state index in [-0.39, 0.29) is 11.8 Å². The zero-order valence-electron chi connectivity index (χ0n) is 15.8. The first-order valence-electron chi connectivity index (χ1n) is 8.49. The van der Waals surface area contributed by atoms with Crippen LogP contribution in [-0.2, 0) is 18.8 Å². The Morgan fingerprint density at radius 3 is 2.43 bits per heavy atom. The van der Waals surface area contributed by atoms with Gasteiger partial charge in [0.25, 0.3) is 0 Å². The molecular formula is C16H20F3N9. The van der Waals surface area contributed by atoms with Crippen LogP contribution in [0.25, 0.3) is 0 Å². The number of aryl methyl sites for hydroxylation is 1. The van der Waals surface area contributed by atoms with Crippen LogP contribution in [0.3, 0.4) is 0 Å². The average molecular weight is 395 g/mol. The fourth-order valence-electron chi connectivity index (χ4n) is 2.56. The molecule has 0 amide bonds. The molecule has 0 spiro atoms. The maximum atomic E-state index is 13.1. The van der Waals surface area contributed by atoms with Crippen molar-refractivity contribution in [2.24, 2.45) is 7.05 Å². The van der Waals surface area contributed by atoms with E-state index >= 15 is 0 Å². The van der Waals surface area contributed by atoms with Crippen molar-refractivity contribution in [3.63, 3.8) is 0 Å². The molecule has 0 bridgehead atoms. The summed E-state index contributed by atoms with van der Waals surface area (Å²) in [7, 11) is 1.70. The van der Waals surface area contributed by atoms with Gasteiger partial charge >= 0.3 is 6.18 Å². The lowest BCUT2D eigenvalue weighted by Gasteiger charge is -2.20. The number of anilines is 3. The van der Waals surface area contributed by atoms with Gasteiger partial charge in [-0.3, -0.25) is 4.68 Å². The lowest BCUT2D eigenvalue weighted by atomic mass is 10.0. The van der Waals surface area contributed by atoms with Crippen LogP contribution < -0.4 is 10.6 Å². The molecule has 0 radical (unpaired) electrons. The van der Waals surface area contributed by atoms with E-state index in [0.717, 1.165) is 6.20 Å². The highest BCUT2D eigenvalue weighted by Crippen LogP contribution is 2.34. The quantitative estimate of drug-likeness (QED) is 0.662. The van der Waals surface area contributed by atoms with Gasteiger partial charge in [0.2, 0.25) is 5.95 Å². The summed E-state index contributed by atoms with van der Waals surface area (Å²) in [6.45, 7) is 5.78. The number of aromatic nitrogens is 7. The van der Waals surface area contributed by atoms with Gasteiger partial charge in [0.15, 0.2) is 0 Å². The molecule has 0 atom stereocenters. The SMILES string of the molecule is CCNc1nc(Nc2cc(C(C)(C)n3nccn3)nn2C)ncc1C(F)(F)F. The predicted octanol–water partition coefficient (Wildman–Crippen LogP) is 2.78. The average Bonchev–Trinajstić information content (AvgIpc) is 3.26. The van der Waals surface area contributed by atoms with Crippen molar-refractivity contribution in [2.75, 3.05) is 17.2 Å². The Morgan fingerprint density at radius 2 is 1.82 bits per heavy atom. The van der Waals surface area contributed by atoms with E-state index in [0.29, 0.717) is 18.1 Å². The van der Waals surface area contributed by atoms with Crippen LogP contribution in [0.1, 0.15) is 32.0 Å². The largest absolute Gasteiger partial charge is 0.421 e. The number of halogens is 3. The van der Waals surface area contributed by atoms with Crippen LogP contribution in [0.4, 0.5) is 30.8 Å². The minimum atomic E-state index is -4.55. The van der Waals surface area contributed by atoms with Crippen LogP contribution in [0.2, 0.25) is 0 Å². The summed E-state index contributed by atoms with van der Waals surface area (Å²) in [6, 6.07) is 1.75. The fraction of sp³-hybridized carbons (Fsp3) is 0.438. The molecule has 150 valence electrons. The molecule has 28 heavy (non-hydrogen) atoms. The lowest BCUT2D eigenvalue weighted by Crippen LogP contribution is -2.30. The first-order chi connectivity index (χ1) is 13.1. The monoisotopic (exact) mass is 395 g/mol. The van der Waals surface area contributed by atoms with Gasteiger partial charge in [0, 0.05) is 25.9 Å². The zero-order valence-corrected chi connectivity index (χ0v) is 15.8. The molecule has 9 nitrogen and oxygen atoms in total. The van der Waals surface area contributed by atoms with Crippen molar-refractivity contribution in [3.05, 3.63) is 35.9 Å². The maximum absolute atomic E-state index is 13.1. The molecule has 3 aromatic heterocycles. The highest BCUT2D eigenvalue weighted by atomic mass is 19.4. The smallest absolute Gasteiger partial charge is 0.370 e. The zero-order chi connectivity index (χ0) is 20.5. The highest BCUT2D eigenvalue weighted by molar-refractivity contribution is 5.54. The van der Waals surface area contributed by atoms with Crippen molar-refractivity contribution in [1.29, 1.82) is 0 Å². The second-order valence-corrected chi connectivity index (χ2v) is 6.52. The molecular weight excluding hydrogens is 375 g/mol. The molecule has 3 heterocycles. The summed E-state index contributed by atoms with van der Waals surface area (Å²) in [5.74, 6) is 0.252. The molecule has 0 aromatic carbocycles. The molecule has 3 rings (SSSR count). The Balaban J connectivity index is 1.90. The minimum Gasteiger partial charge on any atom is -0.370 e. The Morgan fingerprint density at radius 1 is 1.14 bits per heavy atom. The van der Waals surface area contributed by atoms with Gasteiger partial charge in [0.1, 0.15) is 22.7 Å². The lowest BCUT2D eigenvalue weighted by molar-refractivity contribution is -0.137. The fourth-order valence-corrected chi connectivity index (χ4v) is 2.56. The van der Waals surface area contributed by atoms with Gasteiger partial charge in [-0.2, -0.15) is 38.2 Å². The van der Waals surface area contributed by atoms with Crippen LogP contribution in [0, 0.1) is 0 Å². The summed E-state index contributed by atoms with van der Waals surface area (Å²) in [4.78, 5) is 9.28. The number of hydrogen-bond acceptors (Lipinski definition) is 7. The molecule has 0 saturated heterocycles. The predicted molar refractivity (Wildman–Crippen MR) is 96.1 cm³/mol. The van der Waals surface area contributed by atoms with Crippen molar-refractivity contribution >= 4 is 17.6 Å². The van der Waals surface area contributed by atoms with E-state index in [1.54, 1.807) is 37.1 Å². The van der Waals surface area contributed by atoms with Gasteiger partial charge in [-0.15, -0.1) is 0 Å². The Hall–Kier alpha value is -3.18. The van der Waals surface area contributed by atoms with E-state index in [1.807, 2.05) is 13.8 Å². The molecule has 0 fully saturated rings.